The maximum absolute atomic E-state index is 12.6. The van der Waals surface area contributed by atoms with Gasteiger partial charge < -0.3 is 14.8 Å². The molecule has 1 amide bonds. The highest BCUT2D eigenvalue weighted by molar-refractivity contribution is 9.11. The van der Waals surface area contributed by atoms with E-state index >= 15 is 0 Å². The number of fused-ring (bicyclic) bond motifs is 1. The maximum Gasteiger partial charge on any atom is 0.250 e. The molecule has 1 aromatic carbocycles. The predicted molar refractivity (Wildman–Crippen MR) is 119 cm³/mol. The summed E-state index contributed by atoms with van der Waals surface area (Å²) < 4.78 is 39.6. The lowest BCUT2D eigenvalue weighted by molar-refractivity contribution is -0.121. The Labute approximate surface area is 188 Å². The van der Waals surface area contributed by atoms with E-state index in [1.54, 1.807) is 24.3 Å². The molecule has 162 valence electrons. The van der Waals surface area contributed by atoms with Gasteiger partial charge in [0.15, 0.2) is 11.5 Å². The van der Waals surface area contributed by atoms with Crippen LogP contribution in [0.15, 0.2) is 38.3 Å². The van der Waals surface area contributed by atoms with Crippen molar-refractivity contribution in [3.63, 3.8) is 0 Å². The van der Waals surface area contributed by atoms with E-state index in [0.717, 1.165) is 29.5 Å². The fraction of sp³-hybridized carbons (Fsp3) is 0.450. The number of carbonyl (C=O) groups excluding carboxylic acids is 1. The average molecular weight is 515 g/mol. The van der Waals surface area contributed by atoms with E-state index in [1.165, 1.54) is 11.3 Å². The fourth-order valence-corrected chi connectivity index (χ4v) is 6.91. The molecular formula is C20H23BrN2O5S2. The Kier molecular flexibility index (Phi) is 6.66. The molecule has 1 aromatic heterocycles. The maximum atomic E-state index is 12.6. The number of rotatable bonds is 6. The van der Waals surface area contributed by atoms with Gasteiger partial charge in [0.1, 0.15) is 17.4 Å². The van der Waals surface area contributed by atoms with E-state index in [4.69, 9.17) is 9.47 Å². The molecule has 0 spiro atoms. The van der Waals surface area contributed by atoms with Crippen LogP contribution < -0.4 is 19.5 Å². The first kappa shape index (κ1) is 21.6. The Morgan fingerprint density at radius 1 is 1.07 bits per heavy atom. The molecule has 2 heterocycles. The lowest BCUT2D eigenvalue weighted by atomic mass is 9.81. The highest BCUT2D eigenvalue weighted by Crippen LogP contribution is 2.34. The molecule has 2 aliphatic rings. The topological polar surface area (TPSA) is 93.7 Å². The zero-order chi connectivity index (χ0) is 21.1. The molecule has 7 nitrogen and oxygen atoms in total. The van der Waals surface area contributed by atoms with E-state index in [9.17, 15) is 13.2 Å². The zero-order valence-corrected chi connectivity index (χ0v) is 19.4. The van der Waals surface area contributed by atoms with Gasteiger partial charge in [-0.2, -0.15) is 0 Å². The van der Waals surface area contributed by atoms with Crippen molar-refractivity contribution < 1.29 is 22.7 Å². The summed E-state index contributed by atoms with van der Waals surface area (Å²) in [6.07, 6.45) is 3.12. The second kappa shape index (κ2) is 9.25. The Bertz CT molecular complexity index is 1020. The van der Waals surface area contributed by atoms with Crippen molar-refractivity contribution in [2.75, 3.05) is 25.1 Å². The van der Waals surface area contributed by atoms with Crippen LogP contribution in [0.25, 0.3) is 0 Å². The van der Waals surface area contributed by atoms with E-state index in [-0.39, 0.29) is 17.7 Å². The molecule has 30 heavy (non-hydrogen) atoms. The van der Waals surface area contributed by atoms with Crippen LogP contribution >= 0.6 is 27.3 Å². The molecule has 2 N–H and O–H groups in total. The smallest absolute Gasteiger partial charge is 0.250 e. The molecule has 1 aliphatic heterocycles. The molecule has 0 unspecified atom stereocenters. The SMILES string of the molecule is O=C(Nc1ccc2c(c1)OCCO2)C1CCC(CNS(=O)(=O)c2ccc(Br)s2)CC1. The Morgan fingerprint density at radius 2 is 1.80 bits per heavy atom. The van der Waals surface area contributed by atoms with E-state index in [2.05, 4.69) is 26.0 Å². The first-order valence-corrected chi connectivity index (χ1v) is 13.0. The molecule has 10 heteroatoms. The normalized spacial score (nSPS) is 21.2. The largest absolute Gasteiger partial charge is 0.486 e. The third-order valence-electron chi connectivity index (χ3n) is 5.40. The van der Waals surface area contributed by atoms with Gasteiger partial charge >= 0.3 is 0 Å². The fourth-order valence-electron chi connectivity index (χ4n) is 3.74. The Hall–Kier alpha value is -1.62. The number of ether oxygens (including phenoxy) is 2. The van der Waals surface area contributed by atoms with Crippen LogP contribution in [0.2, 0.25) is 0 Å². The number of carbonyl (C=O) groups is 1. The molecule has 1 saturated carbocycles. The number of thiophene rings is 1. The predicted octanol–water partition coefficient (Wildman–Crippen LogP) is 4.01. The van der Waals surface area contributed by atoms with Gasteiger partial charge in [0.25, 0.3) is 0 Å². The van der Waals surface area contributed by atoms with Crippen molar-refractivity contribution in [2.45, 2.75) is 29.9 Å². The zero-order valence-electron chi connectivity index (χ0n) is 16.2. The molecule has 0 atom stereocenters. The molecule has 2 aromatic rings. The van der Waals surface area contributed by atoms with Crippen LogP contribution in [0, 0.1) is 11.8 Å². The number of sulfonamides is 1. The average Bonchev–Trinajstić information content (AvgIpc) is 3.20. The van der Waals surface area contributed by atoms with Gasteiger partial charge in [-0.3, -0.25) is 4.79 Å². The van der Waals surface area contributed by atoms with Crippen LogP contribution in [0.5, 0.6) is 11.5 Å². The minimum atomic E-state index is -3.48. The van der Waals surface area contributed by atoms with Crippen LogP contribution in [-0.4, -0.2) is 34.1 Å². The molecule has 1 fully saturated rings. The number of halogens is 1. The highest BCUT2D eigenvalue weighted by Gasteiger charge is 2.28. The van der Waals surface area contributed by atoms with Gasteiger partial charge in [0.05, 0.1) is 3.79 Å². The number of hydrogen-bond acceptors (Lipinski definition) is 6. The summed E-state index contributed by atoms with van der Waals surface area (Å²) in [4.78, 5) is 12.6. The number of benzene rings is 1. The van der Waals surface area contributed by atoms with Crippen LogP contribution in [-0.2, 0) is 14.8 Å². The van der Waals surface area contributed by atoms with Gasteiger partial charge in [-0.1, -0.05) is 0 Å². The summed E-state index contributed by atoms with van der Waals surface area (Å²) in [5.74, 6) is 1.50. The van der Waals surface area contributed by atoms with E-state index in [0.29, 0.717) is 41.2 Å². The number of amides is 1. The molecule has 0 radical (unpaired) electrons. The second-order valence-electron chi connectivity index (χ2n) is 7.48. The minimum absolute atomic E-state index is 0.00542. The summed E-state index contributed by atoms with van der Waals surface area (Å²) in [6.45, 7) is 1.43. The van der Waals surface area contributed by atoms with Gasteiger partial charge in [-0.15, -0.1) is 11.3 Å². The molecule has 1 aliphatic carbocycles. The van der Waals surface area contributed by atoms with Gasteiger partial charge in [-0.25, -0.2) is 13.1 Å². The number of nitrogens with one attached hydrogen (secondary N) is 2. The van der Waals surface area contributed by atoms with Gasteiger partial charge in [-0.05, 0) is 71.8 Å². The second-order valence-corrected chi connectivity index (χ2v) is 11.9. The Morgan fingerprint density at radius 3 is 2.50 bits per heavy atom. The van der Waals surface area contributed by atoms with Crippen LogP contribution in [0.4, 0.5) is 5.69 Å². The first-order valence-electron chi connectivity index (χ1n) is 9.86. The van der Waals surface area contributed by atoms with Crippen LogP contribution in [0.1, 0.15) is 25.7 Å². The third-order valence-corrected chi connectivity index (χ3v) is 8.94. The summed E-state index contributed by atoms with van der Waals surface area (Å²) in [5.41, 5.74) is 0.696. The summed E-state index contributed by atoms with van der Waals surface area (Å²) in [7, 11) is -3.48. The van der Waals surface area contributed by atoms with Crippen LogP contribution in [0.3, 0.4) is 0 Å². The van der Waals surface area contributed by atoms with Crippen molar-refractivity contribution in [1.82, 2.24) is 4.72 Å². The highest BCUT2D eigenvalue weighted by atomic mass is 79.9. The van der Waals surface area contributed by atoms with Crippen molar-refractivity contribution in [3.8, 4) is 11.5 Å². The quantitative estimate of drug-likeness (QED) is 0.607. The molecular weight excluding hydrogens is 492 g/mol. The van der Waals surface area contributed by atoms with Crippen molar-refractivity contribution in [3.05, 3.63) is 34.1 Å². The molecule has 0 saturated heterocycles. The van der Waals surface area contributed by atoms with Crippen molar-refractivity contribution >= 4 is 48.9 Å². The minimum Gasteiger partial charge on any atom is -0.486 e. The van der Waals surface area contributed by atoms with E-state index < -0.39 is 10.0 Å². The van der Waals surface area contributed by atoms with E-state index in [1.807, 2.05) is 6.07 Å². The van der Waals surface area contributed by atoms with Gasteiger partial charge in [0, 0.05) is 24.2 Å². The van der Waals surface area contributed by atoms with Crippen molar-refractivity contribution in [2.24, 2.45) is 11.8 Å². The lowest BCUT2D eigenvalue weighted by Gasteiger charge is -2.28. The summed E-state index contributed by atoms with van der Waals surface area (Å²) in [6, 6.07) is 8.73. The van der Waals surface area contributed by atoms with Crippen molar-refractivity contribution in [1.29, 1.82) is 0 Å². The molecule has 0 bridgehead atoms. The summed E-state index contributed by atoms with van der Waals surface area (Å²) >= 11 is 4.48. The number of hydrogen-bond donors (Lipinski definition) is 2. The standard InChI is InChI=1S/C20H23BrN2O5S2/c21-18-7-8-19(29-18)30(25,26)22-12-13-1-3-14(4-2-13)20(24)23-15-5-6-16-17(11-15)28-10-9-27-16/h5-8,11,13-14,22H,1-4,9-10,12H2,(H,23,24). The Balaban J connectivity index is 1.25. The monoisotopic (exact) mass is 514 g/mol. The first-order chi connectivity index (χ1) is 14.4. The lowest BCUT2D eigenvalue weighted by Crippen LogP contribution is -2.33. The summed E-state index contributed by atoms with van der Waals surface area (Å²) in [5, 5.41) is 2.97. The molecule has 4 rings (SSSR count). The number of anilines is 1. The van der Waals surface area contributed by atoms with Gasteiger partial charge in [0.2, 0.25) is 15.9 Å². The third kappa shape index (κ3) is 5.16.